The molecule has 1 atom stereocenters. The van der Waals surface area contributed by atoms with Gasteiger partial charge in [0.2, 0.25) is 0 Å². The van der Waals surface area contributed by atoms with E-state index in [9.17, 15) is 4.79 Å². The molecule has 0 aliphatic carbocycles. The van der Waals surface area contributed by atoms with E-state index in [0.717, 1.165) is 5.56 Å². The first-order valence-corrected chi connectivity index (χ1v) is 6.46. The molecule has 0 saturated carbocycles. The van der Waals surface area contributed by atoms with Gasteiger partial charge in [-0.2, -0.15) is 0 Å². The van der Waals surface area contributed by atoms with Crippen LogP contribution in [0, 0.1) is 0 Å². The lowest BCUT2D eigenvalue weighted by molar-refractivity contribution is 0.0987. The van der Waals surface area contributed by atoms with Crippen LogP contribution in [0.15, 0.2) is 40.8 Å². The van der Waals surface area contributed by atoms with Gasteiger partial charge < -0.3 is 9.32 Å². The van der Waals surface area contributed by atoms with Crippen LogP contribution >= 0.6 is 11.6 Å². The third-order valence-corrected chi connectivity index (χ3v) is 3.43. The van der Waals surface area contributed by atoms with Crippen molar-refractivity contribution in [2.75, 3.05) is 11.9 Å². The van der Waals surface area contributed by atoms with Gasteiger partial charge in [-0.15, -0.1) is 0 Å². The maximum Gasteiger partial charge on any atom is 0.196 e. The summed E-state index contributed by atoms with van der Waals surface area (Å²) < 4.78 is 5.52. The molecule has 2 rings (SSSR count). The van der Waals surface area contributed by atoms with Crippen molar-refractivity contribution in [1.82, 2.24) is 0 Å². The average Bonchev–Trinajstić information content (AvgIpc) is 2.86. The third kappa shape index (κ3) is 2.99. The molecular formula is C15H16ClNO2. The molecule has 0 spiro atoms. The Kier molecular flexibility index (Phi) is 3.96. The first-order valence-electron chi connectivity index (χ1n) is 6.08. The van der Waals surface area contributed by atoms with E-state index in [0.29, 0.717) is 16.7 Å². The summed E-state index contributed by atoms with van der Waals surface area (Å²) in [5, 5.41) is 0.710. The Morgan fingerprint density at radius 1 is 1.32 bits per heavy atom. The van der Waals surface area contributed by atoms with Crippen molar-refractivity contribution >= 4 is 23.3 Å². The monoisotopic (exact) mass is 277 g/mol. The van der Waals surface area contributed by atoms with E-state index in [4.69, 9.17) is 16.0 Å². The van der Waals surface area contributed by atoms with Crippen LogP contribution in [0.3, 0.4) is 0 Å². The summed E-state index contributed by atoms with van der Waals surface area (Å²) in [6, 6.07) is 11.3. The van der Waals surface area contributed by atoms with Gasteiger partial charge >= 0.3 is 0 Å². The Hall–Kier alpha value is -1.74. The number of anilines is 1. The predicted octanol–water partition coefficient (Wildman–Crippen LogP) is 4.33. The molecule has 1 unspecified atom stereocenters. The summed E-state index contributed by atoms with van der Waals surface area (Å²) >= 11 is 6.00. The Morgan fingerprint density at radius 2 is 2.05 bits per heavy atom. The van der Waals surface area contributed by atoms with Crippen LogP contribution in [0.2, 0.25) is 5.02 Å². The van der Waals surface area contributed by atoms with E-state index < -0.39 is 0 Å². The van der Waals surface area contributed by atoms with Crippen molar-refractivity contribution in [3.8, 4) is 0 Å². The van der Waals surface area contributed by atoms with E-state index in [1.165, 1.54) is 6.92 Å². The fraction of sp³-hybridized carbons (Fsp3) is 0.267. The molecule has 3 nitrogen and oxygen atoms in total. The Morgan fingerprint density at radius 3 is 2.63 bits per heavy atom. The second-order valence-corrected chi connectivity index (χ2v) is 4.97. The molecule has 0 aliphatic heterocycles. The zero-order valence-corrected chi connectivity index (χ0v) is 11.9. The number of carbonyl (C=O) groups excluding carboxylic acids is 1. The predicted molar refractivity (Wildman–Crippen MR) is 77.0 cm³/mol. The third-order valence-electron chi connectivity index (χ3n) is 3.20. The minimum Gasteiger partial charge on any atom is -0.437 e. The molecule has 100 valence electrons. The number of nitrogens with zero attached hydrogens (tertiary/aromatic N) is 1. The Bertz CT molecular complexity index is 591. The molecule has 0 saturated heterocycles. The van der Waals surface area contributed by atoms with Crippen molar-refractivity contribution in [2.45, 2.75) is 19.9 Å². The second kappa shape index (κ2) is 5.49. The zero-order valence-electron chi connectivity index (χ0n) is 11.2. The molecule has 0 N–H and O–H groups in total. The largest absolute Gasteiger partial charge is 0.437 e. The van der Waals surface area contributed by atoms with E-state index in [-0.39, 0.29) is 11.8 Å². The number of benzene rings is 1. The number of halogens is 1. The second-order valence-electron chi connectivity index (χ2n) is 4.54. The topological polar surface area (TPSA) is 33.5 Å². The van der Waals surface area contributed by atoms with Crippen molar-refractivity contribution in [3.63, 3.8) is 0 Å². The molecule has 0 amide bonds. The molecule has 4 heteroatoms. The van der Waals surface area contributed by atoms with Crippen LogP contribution in [0.5, 0.6) is 0 Å². The Labute approximate surface area is 117 Å². The number of Topliss-reactive ketones (excluding diaryl/α,β-unsaturated/α-hetero) is 1. The quantitative estimate of drug-likeness (QED) is 0.780. The Balaban J connectivity index is 2.22. The molecule has 0 fully saturated rings. The molecule has 0 radical (unpaired) electrons. The van der Waals surface area contributed by atoms with Gasteiger partial charge in [0.1, 0.15) is 0 Å². The summed E-state index contributed by atoms with van der Waals surface area (Å²) in [5.74, 6) is 0.966. The maximum atomic E-state index is 11.2. The molecule has 0 aliphatic rings. The highest BCUT2D eigenvalue weighted by Gasteiger charge is 2.16. The maximum absolute atomic E-state index is 11.2. The lowest BCUT2D eigenvalue weighted by Gasteiger charge is -2.24. The van der Waals surface area contributed by atoms with Crippen molar-refractivity contribution in [1.29, 1.82) is 0 Å². The summed E-state index contributed by atoms with van der Waals surface area (Å²) in [7, 11) is 1.92. The van der Waals surface area contributed by atoms with Crippen molar-refractivity contribution in [2.24, 2.45) is 0 Å². The van der Waals surface area contributed by atoms with Gasteiger partial charge in [-0.3, -0.25) is 4.79 Å². The number of ketones is 1. The molecule has 19 heavy (non-hydrogen) atoms. The van der Waals surface area contributed by atoms with Gasteiger partial charge in [0.25, 0.3) is 0 Å². The van der Waals surface area contributed by atoms with E-state index in [1.807, 2.05) is 36.2 Å². The van der Waals surface area contributed by atoms with Crippen molar-refractivity contribution in [3.05, 3.63) is 52.7 Å². The first kappa shape index (κ1) is 13.7. The molecule has 0 bridgehead atoms. The summed E-state index contributed by atoms with van der Waals surface area (Å²) in [5.41, 5.74) is 1.09. The number of hydrogen-bond acceptors (Lipinski definition) is 3. The van der Waals surface area contributed by atoms with E-state index >= 15 is 0 Å². The summed E-state index contributed by atoms with van der Waals surface area (Å²) in [6.45, 7) is 3.55. The summed E-state index contributed by atoms with van der Waals surface area (Å²) in [4.78, 5) is 13.2. The molecule has 1 aromatic carbocycles. The average molecular weight is 278 g/mol. The van der Waals surface area contributed by atoms with Gasteiger partial charge in [0, 0.05) is 25.1 Å². The SMILES string of the molecule is CC(=O)c1ccc(N(C)C(C)c2cccc(Cl)c2)o1. The van der Waals surface area contributed by atoms with Crippen LogP contribution in [-0.2, 0) is 0 Å². The van der Waals surface area contributed by atoms with E-state index in [2.05, 4.69) is 6.92 Å². The van der Waals surface area contributed by atoms with Crippen molar-refractivity contribution < 1.29 is 9.21 Å². The minimum atomic E-state index is -0.0740. The molecule has 1 heterocycles. The fourth-order valence-corrected chi connectivity index (χ4v) is 2.09. The highest BCUT2D eigenvalue weighted by Crippen LogP contribution is 2.28. The van der Waals surface area contributed by atoms with E-state index in [1.54, 1.807) is 12.1 Å². The summed E-state index contributed by atoms with van der Waals surface area (Å²) in [6.07, 6.45) is 0. The minimum absolute atomic E-state index is 0.0740. The molecular weight excluding hydrogens is 262 g/mol. The van der Waals surface area contributed by atoms with Gasteiger partial charge in [0.15, 0.2) is 17.4 Å². The number of rotatable bonds is 4. The van der Waals surface area contributed by atoms with Crippen LogP contribution in [-0.4, -0.2) is 12.8 Å². The standard InChI is InChI=1S/C15H16ClNO2/c1-10(12-5-4-6-13(16)9-12)17(3)15-8-7-14(19-15)11(2)18/h4-10H,1-3H3. The fourth-order valence-electron chi connectivity index (χ4n) is 1.89. The van der Waals surface area contributed by atoms with Crippen LogP contribution in [0.4, 0.5) is 5.88 Å². The van der Waals surface area contributed by atoms with Crippen LogP contribution in [0.1, 0.15) is 36.0 Å². The highest BCUT2D eigenvalue weighted by atomic mass is 35.5. The molecule has 1 aromatic heterocycles. The normalized spacial score (nSPS) is 12.2. The number of furan rings is 1. The smallest absolute Gasteiger partial charge is 0.196 e. The number of carbonyl (C=O) groups is 1. The lowest BCUT2D eigenvalue weighted by atomic mass is 10.1. The van der Waals surface area contributed by atoms with Gasteiger partial charge in [0.05, 0.1) is 6.04 Å². The van der Waals surface area contributed by atoms with Gasteiger partial charge in [-0.05, 0) is 30.7 Å². The van der Waals surface area contributed by atoms with Crippen LogP contribution < -0.4 is 4.90 Å². The number of hydrogen-bond donors (Lipinski definition) is 0. The first-order chi connectivity index (χ1) is 8.99. The lowest BCUT2D eigenvalue weighted by Crippen LogP contribution is -2.21. The molecule has 2 aromatic rings. The van der Waals surface area contributed by atoms with Gasteiger partial charge in [-0.25, -0.2) is 0 Å². The zero-order chi connectivity index (χ0) is 14.0. The highest BCUT2D eigenvalue weighted by molar-refractivity contribution is 6.30. The van der Waals surface area contributed by atoms with Gasteiger partial charge in [-0.1, -0.05) is 23.7 Å². The van der Waals surface area contributed by atoms with Crippen LogP contribution in [0.25, 0.3) is 0 Å².